The highest BCUT2D eigenvalue weighted by atomic mass is 16.5. The van der Waals surface area contributed by atoms with Crippen molar-refractivity contribution >= 4 is 0 Å². The summed E-state index contributed by atoms with van der Waals surface area (Å²) in [5, 5.41) is 3.48. The van der Waals surface area contributed by atoms with E-state index in [9.17, 15) is 0 Å². The van der Waals surface area contributed by atoms with E-state index in [2.05, 4.69) is 29.4 Å². The molecule has 1 aromatic carbocycles. The zero-order valence-electron chi connectivity index (χ0n) is 12.1. The predicted molar refractivity (Wildman–Crippen MR) is 79.0 cm³/mol. The summed E-state index contributed by atoms with van der Waals surface area (Å²) < 4.78 is 10.3. The first kappa shape index (κ1) is 14.3. The zero-order valence-corrected chi connectivity index (χ0v) is 12.1. The molecule has 106 valence electrons. The number of methoxy groups -OCH3 is 2. The van der Waals surface area contributed by atoms with Gasteiger partial charge in [0.05, 0.1) is 14.2 Å². The Morgan fingerprint density at radius 2 is 1.85 bits per heavy atom. The molecule has 2 rings (SSSR count). The van der Waals surface area contributed by atoms with Gasteiger partial charge in [-0.25, -0.2) is 4.98 Å². The molecule has 20 heavy (non-hydrogen) atoms. The van der Waals surface area contributed by atoms with Crippen molar-refractivity contribution in [2.24, 2.45) is 0 Å². The summed E-state index contributed by atoms with van der Waals surface area (Å²) in [4.78, 5) is 4.10. The normalized spacial score (nSPS) is 11.9. The number of rotatable bonds is 6. The molecule has 4 heteroatoms. The van der Waals surface area contributed by atoms with E-state index in [-0.39, 0.29) is 6.04 Å². The minimum absolute atomic E-state index is 0.264. The fraction of sp³-hybridized carbons (Fsp3) is 0.312. The first-order valence-electron chi connectivity index (χ1n) is 6.59. The van der Waals surface area contributed by atoms with Gasteiger partial charge < -0.3 is 14.8 Å². The van der Waals surface area contributed by atoms with Crippen LogP contribution in [0.5, 0.6) is 11.6 Å². The van der Waals surface area contributed by atoms with Crippen LogP contribution in [0.3, 0.4) is 0 Å². The average molecular weight is 272 g/mol. The molecule has 1 unspecified atom stereocenters. The SMILES string of the molecule is COc1ccc(C(C)NCc2ccnc(OC)c2)cc1. The Morgan fingerprint density at radius 3 is 2.50 bits per heavy atom. The Kier molecular flexibility index (Phi) is 4.96. The molecule has 1 aromatic heterocycles. The summed E-state index contributed by atoms with van der Waals surface area (Å²) >= 11 is 0. The number of aromatic nitrogens is 1. The summed E-state index contributed by atoms with van der Waals surface area (Å²) in [6, 6.07) is 12.3. The fourth-order valence-electron chi connectivity index (χ4n) is 1.95. The second-order valence-electron chi connectivity index (χ2n) is 4.58. The van der Waals surface area contributed by atoms with Gasteiger partial charge in [0.2, 0.25) is 5.88 Å². The minimum Gasteiger partial charge on any atom is -0.497 e. The summed E-state index contributed by atoms with van der Waals surface area (Å²) in [6.45, 7) is 2.91. The summed E-state index contributed by atoms with van der Waals surface area (Å²) in [5.41, 5.74) is 2.38. The van der Waals surface area contributed by atoms with Gasteiger partial charge >= 0.3 is 0 Å². The van der Waals surface area contributed by atoms with Gasteiger partial charge in [0, 0.05) is 24.8 Å². The Bertz CT molecular complexity index is 540. The molecule has 0 amide bonds. The molecule has 0 saturated carbocycles. The van der Waals surface area contributed by atoms with Crippen LogP contribution in [0.4, 0.5) is 0 Å². The van der Waals surface area contributed by atoms with E-state index >= 15 is 0 Å². The molecule has 1 N–H and O–H groups in total. The lowest BCUT2D eigenvalue weighted by Gasteiger charge is -2.15. The van der Waals surface area contributed by atoms with E-state index in [0.717, 1.165) is 17.9 Å². The monoisotopic (exact) mass is 272 g/mol. The van der Waals surface area contributed by atoms with Crippen molar-refractivity contribution < 1.29 is 9.47 Å². The van der Waals surface area contributed by atoms with E-state index in [1.807, 2.05) is 24.3 Å². The van der Waals surface area contributed by atoms with Crippen LogP contribution in [-0.2, 0) is 6.54 Å². The number of hydrogen-bond donors (Lipinski definition) is 1. The first-order valence-corrected chi connectivity index (χ1v) is 6.59. The van der Waals surface area contributed by atoms with E-state index < -0.39 is 0 Å². The van der Waals surface area contributed by atoms with Crippen LogP contribution in [0.25, 0.3) is 0 Å². The highest BCUT2D eigenvalue weighted by Gasteiger charge is 2.05. The molecule has 0 spiro atoms. The number of nitrogens with zero attached hydrogens (tertiary/aromatic N) is 1. The molecule has 1 heterocycles. The number of pyridine rings is 1. The van der Waals surface area contributed by atoms with Gasteiger partial charge in [-0.2, -0.15) is 0 Å². The molecule has 0 aliphatic carbocycles. The second-order valence-corrected chi connectivity index (χ2v) is 4.58. The Hall–Kier alpha value is -2.07. The molecular formula is C16H20N2O2. The van der Waals surface area contributed by atoms with E-state index in [1.54, 1.807) is 20.4 Å². The molecular weight excluding hydrogens is 252 g/mol. The third-order valence-electron chi connectivity index (χ3n) is 3.24. The number of ether oxygens (including phenoxy) is 2. The van der Waals surface area contributed by atoms with Gasteiger partial charge in [-0.3, -0.25) is 0 Å². The standard InChI is InChI=1S/C16H20N2O2/c1-12(14-4-6-15(19-2)7-5-14)18-11-13-8-9-17-16(10-13)20-3/h4-10,12,18H,11H2,1-3H3. The predicted octanol–water partition coefficient (Wildman–Crippen LogP) is 2.95. The third-order valence-corrected chi connectivity index (χ3v) is 3.24. The lowest BCUT2D eigenvalue weighted by Crippen LogP contribution is -2.18. The fourth-order valence-corrected chi connectivity index (χ4v) is 1.95. The lowest BCUT2D eigenvalue weighted by molar-refractivity contribution is 0.397. The summed E-state index contributed by atoms with van der Waals surface area (Å²) in [5.74, 6) is 1.52. The Balaban J connectivity index is 1.95. The van der Waals surface area contributed by atoms with Crippen LogP contribution in [0.2, 0.25) is 0 Å². The summed E-state index contributed by atoms with van der Waals surface area (Å²) in [6.07, 6.45) is 1.76. The molecule has 0 aliphatic heterocycles. The Morgan fingerprint density at radius 1 is 1.10 bits per heavy atom. The topological polar surface area (TPSA) is 43.4 Å². The van der Waals surface area contributed by atoms with Gasteiger partial charge in [-0.15, -0.1) is 0 Å². The highest BCUT2D eigenvalue weighted by Crippen LogP contribution is 2.18. The largest absolute Gasteiger partial charge is 0.497 e. The zero-order chi connectivity index (χ0) is 14.4. The quantitative estimate of drug-likeness (QED) is 0.878. The molecule has 0 radical (unpaired) electrons. The van der Waals surface area contributed by atoms with Crippen LogP contribution in [0, 0.1) is 0 Å². The maximum absolute atomic E-state index is 5.16. The van der Waals surface area contributed by atoms with E-state index in [1.165, 1.54) is 5.56 Å². The summed E-state index contributed by atoms with van der Waals surface area (Å²) in [7, 11) is 3.30. The second kappa shape index (κ2) is 6.91. The lowest BCUT2D eigenvalue weighted by atomic mass is 10.1. The first-order chi connectivity index (χ1) is 9.72. The minimum atomic E-state index is 0.264. The molecule has 1 atom stereocenters. The van der Waals surface area contributed by atoms with Crippen LogP contribution < -0.4 is 14.8 Å². The average Bonchev–Trinajstić information content (AvgIpc) is 2.53. The van der Waals surface area contributed by atoms with Crippen LogP contribution in [0.15, 0.2) is 42.6 Å². The van der Waals surface area contributed by atoms with Gasteiger partial charge in [0.15, 0.2) is 0 Å². The number of hydrogen-bond acceptors (Lipinski definition) is 4. The van der Waals surface area contributed by atoms with Crippen molar-refractivity contribution in [2.45, 2.75) is 19.5 Å². The van der Waals surface area contributed by atoms with Crippen molar-refractivity contribution in [1.82, 2.24) is 10.3 Å². The van der Waals surface area contributed by atoms with Crippen molar-refractivity contribution in [1.29, 1.82) is 0 Å². The molecule has 0 saturated heterocycles. The van der Waals surface area contributed by atoms with Crippen molar-refractivity contribution in [3.63, 3.8) is 0 Å². The maximum Gasteiger partial charge on any atom is 0.213 e. The van der Waals surface area contributed by atoms with Gasteiger partial charge in [0.1, 0.15) is 5.75 Å². The van der Waals surface area contributed by atoms with E-state index in [0.29, 0.717) is 5.88 Å². The molecule has 4 nitrogen and oxygen atoms in total. The number of nitrogens with one attached hydrogen (secondary N) is 1. The molecule has 2 aromatic rings. The van der Waals surface area contributed by atoms with Crippen LogP contribution in [-0.4, -0.2) is 19.2 Å². The maximum atomic E-state index is 5.16. The van der Waals surface area contributed by atoms with Crippen LogP contribution >= 0.6 is 0 Å². The number of benzene rings is 1. The van der Waals surface area contributed by atoms with E-state index in [4.69, 9.17) is 9.47 Å². The van der Waals surface area contributed by atoms with Gasteiger partial charge in [0.25, 0.3) is 0 Å². The third kappa shape index (κ3) is 3.71. The van der Waals surface area contributed by atoms with Gasteiger partial charge in [-0.05, 0) is 36.2 Å². The van der Waals surface area contributed by atoms with Crippen molar-refractivity contribution in [2.75, 3.05) is 14.2 Å². The van der Waals surface area contributed by atoms with Gasteiger partial charge in [-0.1, -0.05) is 12.1 Å². The van der Waals surface area contributed by atoms with Crippen LogP contribution in [0.1, 0.15) is 24.1 Å². The highest BCUT2D eigenvalue weighted by molar-refractivity contribution is 5.29. The van der Waals surface area contributed by atoms with Crippen molar-refractivity contribution in [3.8, 4) is 11.6 Å². The smallest absolute Gasteiger partial charge is 0.213 e. The molecule has 0 aliphatic rings. The molecule has 0 bridgehead atoms. The molecule has 0 fully saturated rings. The Labute approximate surface area is 119 Å². The van der Waals surface area contributed by atoms with Crippen molar-refractivity contribution in [3.05, 3.63) is 53.7 Å².